The first-order chi connectivity index (χ1) is 18.5. The summed E-state index contributed by atoms with van der Waals surface area (Å²) < 4.78 is 79.8. The van der Waals surface area contributed by atoms with Gasteiger partial charge in [-0.3, -0.25) is 14.6 Å². The second-order valence-electron chi connectivity index (χ2n) is 10.1. The maximum Gasteiger partial charge on any atom is 0.391 e. The number of halogens is 3. The Kier molecular flexibility index (Phi) is 7.43. The summed E-state index contributed by atoms with van der Waals surface area (Å²) in [6.45, 7) is 5.60. The number of carbonyl (C=O) groups is 2. The number of fused-ring (bicyclic) bond motifs is 1. The van der Waals surface area contributed by atoms with Crippen LogP contribution in [0, 0.1) is 17.8 Å². The van der Waals surface area contributed by atoms with Crippen LogP contribution in [-0.4, -0.2) is 48.6 Å². The van der Waals surface area contributed by atoms with Crippen molar-refractivity contribution in [1.29, 1.82) is 0 Å². The van der Waals surface area contributed by atoms with Crippen LogP contribution in [0.3, 0.4) is 0 Å². The van der Waals surface area contributed by atoms with Crippen LogP contribution in [0.4, 0.5) is 13.2 Å². The van der Waals surface area contributed by atoms with Gasteiger partial charge in [0.2, 0.25) is 0 Å². The highest BCUT2D eigenvalue weighted by Crippen LogP contribution is 2.46. The van der Waals surface area contributed by atoms with Gasteiger partial charge in [0, 0.05) is 20.4 Å². The van der Waals surface area contributed by atoms with E-state index in [4.69, 9.17) is 2.74 Å². The predicted molar refractivity (Wildman–Crippen MR) is 138 cm³/mol. The molecular formula is C26H32F3N3O4S2. The molecule has 1 aliphatic heterocycles. The summed E-state index contributed by atoms with van der Waals surface area (Å²) in [5, 5.41) is 2.74. The zero-order valence-corrected chi connectivity index (χ0v) is 23.0. The standard InChI is InChI=1S/C26H32F3N3O4S2/c1-4-38(35,36)19-10-9-18(30-13-19)12-31-24(33)21-11-20-23(37-21)22(15(2)3)32(25(20)34)14-16-5-7-17(8-6-16)26(27,28)29/h9-11,13,15-17,22H,4-8,12,14H2,1-3H3,(H,31,33)/t16-,17-,22-/m0/s1/i7D2. The molecule has 0 bridgehead atoms. The average molecular weight is 574 g/mol. The number of amides is 2. The Balaban J connectivity index is 1.43. The summed E-state index contributed by atoms with van der Waals surface area (Å²) in [6.07, 6.45) is -6.15. The molecule has 0 radical (unpaired) electrons. The minimum absolute atomic E-state index is 0.0369. The molecule has 2 amide bonds. The number of carbonyl (C=O) groups excluding carboxylic acids is 2. The number of sulfone groups is 1. The van der Waals surface area contributed by atoms with Crippen molar-refractivity contribution in [3.8, 4) is 0 Å². The summed E-state index contributed by atoms with van der Waals surface area (Å²) in [4.78, 5) is 33.1. The average Bonchev–Trinajstić information content (AvgIpc) is 3.39. The van der Waals surface area contributed by atoms with Crippen molar-refractivity contribution in [2.75, 3.05) is 12.3 Å². The fraction of sp³-hybridized carbons (Fsp3) is 0.577. The van der Waals surface area contributed by atoms with E-state index < -0.39 is 40.1 Å². The van der Waals surface area contributed by atoms with Gasteiger partial charge in [0.05, 0.1) is 45.3 Å². The molecule has 0 unspecified atom stereocenters. The number of alkyl halides is 3. The van der Waals surface area contributed by atoms with Gasteiger partial charge in [-0.1, -0.05) is 20.8 Å². The van der Waals surface area contributed by atoms with Crippen molar-refractivity contribution in [3.63, 3.8) is 0 Å². The van der Waals surface area contributed by atoms with E-state index in [0.717, 1.165) is 0 Å². The van der Waals surface area contributed by atoms with Gasteiger partial charge in [0.15, 0.2) is 9.84 Å². The minimum Gasteiger partial charge on any atom is -0.346 e. The van der Waals surface area contributed by atoms with E-state index in [9.17, 15) is 31.2 Å². The summed E-state index contributed by atoms with van der Waals surface area (Å²) in [6, 6.07) is 4.12. The van der Waals surface area contributed by atoms with Gasteiger partial charge in [-0.25, -0.2) is 8.42 Å². The molecule has 3 atom stereocenters. The van der Waals surface area contributed by atoms with Crippen molar-refractivity contribution < 1.29 is 33.9 Å². The Bertz CT molecular complexity index is 1380. The third-order valence-electron chi connectivity index (χ3n) is 7.05. The van der Waals surface area contributed by atoms with Crippen LogP contribution in [-0.2, 0) is 16.4 Å². The molecular weight excluding hydrogens is 539 g/mol. The Morgan fingerprint density at radius 3 is 2.61 bits per heavy atom. The van der Waals surface area contributed by atoms with E-state index in [-0.39, 0.29) is 60.9 Å². The Morgan fingerprint density at radius 1 is 1.29 bits per heavy atom. The molecule has 0 spiro atoms. The number of aromatic nitrogens is 1. The molecule has 2 aromatic heterocycles. The number of rotatable bonds is 8. The summed E-state index contributed by atoms with van der Waals surface area (Å²) in [5.41, 5.74) is 0.850. The van der Waals surface area contributed by atoms with E-state index >= 15 is 0 Å². The first-order valence-electron chi connectivity index (χ1n) is 13.5. The lowest BCUT2D eigenvalue weighted by Gasteiger charge is -2.35. The van der Waals surface area contributed by atoms with E-state index in [1.165, 1.54) is 42.7 Å². The number of pyridine rings is 1. The van der Waals surface area contributed by atoms with Gasteiger partial charge in [-0.05, 0) is 55.7 Å². The number of thiophene rings is 1. The van der Waals surface area contributed by atoms with Crippen molar-refractivity contribution in [3.05, 3.63) is 45.4 Å². The van der Waals surface area contributed by atoms with Crippen LogP contribution in [0.15, 0.2) is 29.3 Å². The largest absolute Gasteiger partial charge is 0.391 e. The van der Waals surface area contributed by atoms with Crippen molar-refractivity contribution in [1.82, 2.24) is 15.2 Å². The third-order valence-corrected chi connectivity index (χ3v) is 9.97. The maximum absolute atomic E-state index is 13.4. The van der Waals surface area contributed by atoms with Crippen LogP contribution in [0.2, 0.25) is 0 Å². The highest BCUT2D eigenvalue weighted by atomic mass is 32.2. The van der Waals surface area contributed by atoms with E-state index in [0.29, 0.717) is 21.0 Å². The monoisotopic (exact) mass is 573 g/mol. The van der Waals surface area contributed by atoms with Crippen LogP contribution in [0.5, 0.6) is 0 Å². The van der Waals surface area contributed by atoms with Gasteiger partial charge in [0.25, 0.3) is 11.8 Å². The van der Waals surface area contributed by atoms with Crippen LogP contribution >= 0.6 is 11.3 Å². The lowest BCUT2D eigenvalue weighted by atomic mass is 9.81. The van der Waals surface area contributed by atoms with Gasteiger partial charge in [-0.15, -0.1) is 11.3 Å². The van der Waals surface area contributed by atoms with Crippen LogP contribution < -0.4 is 5.32 Å². The molecule has 38 heavy (non-hydrogen) atoms. The highest BCUT2D eigenvalue weighted by molar-refractivity contribution is 7.91. The molecule has 4 rings (SSSR count). The molecule has 0 saturated heterocycles. The predicted octanol–water partition coefficient (Wildman–Crippen LogP) is 5.39. The number of nitrogens with one attached hydrogen (secondary N) is 1. The van der Waals surface area contributed by atoms with Crippen molar-refractivity contribution in [2.45, 2.75) is 70.1 Å². The van der Waals surface area contributed by atoms with Gasteiger partial charge in [0.1, 0.15) is 0 Å². The molecule has 7 nitrogen and oxygen atoms in total. The minimum atomic E-state index is -4.60. The highest BCUT2D eigenvalue weighted by Gasteiger charge is 2.44. The zero-order valence-electron chi connectivity index (χ0n) is 23.3. The van der Waals surface area contributed by atoms with Crippen LogP contribution in [0.25, 0.3) is 0 Å². The molecule has 1 aliphatic carbocycles. The number of hydrogen-bond donors (Lipinski definition) is 1. The Morgan fingerprint density at radius 2 is 2.03 bits per heavy atom. The number of nitrogens with zero attached hydrogens (tertiary/aromatic N) is 2. The first-order valence-corrected chi connectivity index (χ1v) is 15.0. The Labute approximate surface area is 227 Å². The van der Waals surface area contributed by atoms with Crippen LogP contribution in [0.1, 0.15) is 85.8 Å². The lowest BCUT2D eigenvalue weighted by Crippen LogP contribution is -2.37. The van der Waals surface area contributed by atoms with Gasteiger partial charge >= 0.3 is 6.18 Å². The smallest absolute Gasteiger partial charge is 0.346 e. The summed E-state index contributed by atoms with van der Waals surface area (Å²) in [7, 11) is -3.38. The van der Waals surface area contributed by atoms with E-state index in [2.05, 4.69) is 10.3 Å². The zero-order chi connectivity index (χ0) is 29.6. The molecule has 1 fully saturated rings. The molecule has 1 saturated carbocycles. The molecule has 2 aliphatic rings. The second-order valence-corrected chi connectivity index (χ2v) is 13.4. The molecule has 12 heteroatoms. The van der Waals surface area contributed by atoms with Crippen molar-refractivity contribution in [2.24, 2.45) is 17.8 Å². The molecule has 1 N–H and O–H groups in total. The van der Waals surface area contributed by atoms with E-state index in [1.54, 1.807) is 4.90 Å². The van der Waals surface area contributed by atoms with Crippen molar-refractivity contribution >= 4 is 33.0 Å². The second kappa shape index (κ2) is 11.0. The summed E-state index contributed by atoms with van der Waals surface area (Å²) >= 11 is 1.19. The molecule has 0 aromatic carbocycles. The molecule has 3 heterocycles. The quantitative estimate of drug-likeness (QED) is 0.457. The lowest BCUT2D eigenvalue weighted by molar-refractivity contribution is -0.184. The summed E-state index contributed by atoms with van der Waals surface area (Å²) in [5.74, 6) is -3.21. The number of hydrogen-bond acceptors (Lipinski definition) is 6. The van der Waals surface area contributed by atoms with Gasteiger partial charge in [-0.2, -0.15) is 13.2 Å². The van der Waals surface area contributed by atoms with Gasteiger partial charge < -0.3 is 10.2 Å². The topological polar surface area (TPSA) is 96.4 Å². The fourth-order valence-electron chi connectivity index (χ4n) is 4.94. The maximum atomic E-state index is 13.4. The Hall–Kier alpha value is -2.47. The molecule has 2 aromatic rings. The SMILES string of the molecule is [2H]C1([2H])C[C@H](CN2C(=O)c3cc(C(=O)NCc4ccc(S(=O)(=O)CC)cn4)sc3[C@@H]2C(C)C)CC[C@H]1C(F)(F)F. The first kappa shape index (κ1) is 25.8. The normalized spacial score (nSPS) is 24.2. The molecule has 208 valence electrons. The fourth-order valence-corrected chi connectivity index (χ4v) is 7.12. The van der Waals surface area contributed by atoms with E-state index in [1.807, 2.05) is 13.8 Å². The third kappa shape index (κ3) is 5.90.